The smallest absolute Gasteiger partial charge is 0.305 e. The summed E-state index contributed by atoms with van der Waals surface area (Å²) in [6, 6.07) is 0. The summed E-state index contributed by atoms with van der Waals surface area (Å²) in [6.07, 6.45) is 15.7. The molecule has 5 nitrogen and oxygen atoms in total. The van der Waals surface area contributed by atoms with E-state index in [1.54, 1.807) is 0 Å². The largest absolute Gasteiger partial charge is 0.469 e. The average Bonchev–Trinajstić information content (AvgIpc) is 2.91. The van der Waals surface area contributed by atoms with E-state index in [1.165, 1.54) is 50.3 Å². The summed E-state index contributed by atoms with van der Waals surface area (Å²) in [7, 11) is 1.30. The lowest BCUT2D eigenvalue weighted by atomic mass is 9.92. The fourth-order valence-corrected chi connectivity index (χ4v) is 2.65. The topological polar surface area (TPSA) is 83.8 Å². The highest BCUT2D eigenvalue weighted by atomic mass is 16.5. The molecule has 144 valence electrons. The highest BCUT2D eigenvalue weighted by molar-refractivity contribution is 6.09. The van der Waals surface area contributed by atoms with E-state index in [0.717, 1.165) is 12.8 Å². The molecule has 0 saturated heterocycles. The Labute approximate surface area is 155 Å². The van der Waals surface area contributed by atoms with Crippen molar-refractivity contribution in [3.05, 3.63) is 48.1 Å². The Morgan fingerprint density at radius 3 is 2.81 bits per heavy atom. The Kier molecular flexibility index (Phi) is 9.84. The molecule has 0 amide bonds. The molecule has 0 aromatic rings. The van der Waals surface area contributed by atoms with E-state index in [2.05, 4.69) is 11.7 Å². The zero-order chi connectivity index (χ0) is 19.4. The lowest BCUT2D eigenvalue weighted by Crippen LogP contribution is -2.27. The Bertz CT molecular complexity index is 585. The van der Waals surface area contributed by atoms with Crippen LogP contribution in [0.3, 0.4) is 0 Å². The van der Waals surface area contributed by atoms with Gasteiger partial charge in [-0.1, -0.05) is 50.1 Å². The van der Waals surface area contributed by atoms with Gasteiger partial charge in [0.15, 0.2) is 5.78 Å². The van der Waals surface area contributed by atoms with Crippen LogP contribution in [0.25, 0.3) is 0 Å². The first-order valence-electron chi connectivity index (χ1n) is 9.17. The van der Waals surface area contributed by atoms with Crippen LogP contribution < -0.4 is 0 Å². The van der Waals surface area contributed by atoms with E-state index in [9.17, 15) is 19.8 Å². The number of carbonyl (C=O) groups is 2. The molecule has 0 aromatic heterocycles. The van der Waals surface area contributed by atoms with E-state index >= 15 is 0 Å². The Balaban J connectivity index is 2.61. The van der Waals surface area contributed by atoms with Gasteiger partial charge in [-0.05, 0) is 31.4 Å². The van der Waals surface area contributed by atoms with Gasteiger partial charge in [-0.2, -0.15) is 0 Å². The summed E-state index contributed by atoms with van der Waals surface area (Å²) in [5.41, 5.74) is -1.02. The lowest BCUT2D eigenvalue weighted by Gasteiger charge is -2.20. The summed E-state index contributed by atoms with van der Waals surface area (Å²) in [5.74, 6) is -0.619. The van der Waals surface area contributed by atoms with Gasteiger partial charge < -0.3 is 14.9 Å². The second-order valence-electron chi connectivity index (χ2n) is 6.44. The van der Waals surface area contributed by atoms with Crippen LogP contribution in [-0.4, -0.2) is 40.8 Å². The molecule has 0 bridgehead atoms. The monoisotopic (exact) mass is 362 g/mol. The van der Waals surface area contributed by atoms with Crippen molar-refractivity contribution in [3.63, 3.8) is 0 Å². The number of aliphatic hydroxyl groups excluding tert-OH is 1. The number of hydrogen-bond acceptors (Lipinski definition) is 5. The number of unbranched alkanes of at least 4 members (excludes halogenated alkanes) is 3. The van der Waals surface area contributed by atoms with Gasteiger partial charge in [0.2, 0.25) is 0 Å². The minimum Gasteiger partial charge on any atom is -0.469 e. The Morgan fingerprint density at radius 2 is 2.12 bits per heavy atom. The van der Waals surface area contributed by atoms with E-state index in [0.29, 0.717) is 6.42 Å². The second-order valence-corrected chi connectivity index (χ2v) is 6.44. The molecule has 2 atom stereocenters. The number of allylic oxidation sites excluding steroid dienone is 4. The molecule has 1 aliphatic rings. The van der Waals surface area contributed by atoms with Crippen LogP contribution in [0, 0.1) is 0 Å². The molecule has 0 spiro atoms. The predicted molar refractivity (Wildman–Crippen MR) is 101 cm³/mol. The molecular formula is C21H30O5. The SMILES string of the molecule is CCCCCC=CC[C@@]1(O)C=CC(=O)C1=CC=CC(O)CCC(=O)OC. The van der Waals surface area contributed by atoms with Crippen LogP contribution in [0.4, 0.5) is 0 Å². The zero-order valence-electron chi connectivity index (χ0n) is 15.7. The fourth-order valence-electron chi connectivity index (χ4n) is 2.65. The molecule has 2 N–H and O–H groups in total. The van der Waals surface area contributed by atoms with Crippen molar-refractivity contribution in [1.29, 1.82) is 0 Å². The summed E-state index contributed by atoms with van der Waals surface area (Å²) in [5, 5.41) is 20.5. The number of hydrogen-bond donors (Lipinski definition) is 2. The molecule has 26 heavy (non-hydrogen) atoms. The summed E-state index contributed by atoms with van der Waals surface area (Å²) in [6.45, 7) is 2.15. The van der Waals surface area contributed by atoms with Crippen molar-refractivity contribution < 1.29 is 24.5 Å². The maximum Gasteiger partial charge on any atom is 0.305 e. The minimum atomic E-state index is -1.31. The van der Waals surface area contributed by atoms with Gasteiger partial charge in [0.25, 0.3) is 0 Å². The number of methoxy groups -OCH3 is 1. The lowest BCUT2D eigenvalue weighted by molar-refractivity contribution is -0.141. The average molecular weight is 362 g/mol. The first-order chi connectivity index (χ1) is 12.4. The Morgan fingerprint density at radius 1 is 1.35 bits per heavy atom. The van der Waals surface area contributed by atoms with E-state index in [-0.39, 0.29) is 30.2 Å². The quantitative estimate of drug-likeness (QED) is 0.255. The zero-order valence-corrected chi connectivity index (χ0v) is 15.7. The fraction of sp³-hybridized carbons (Fsp3) is 0.524. The van der Waals surface area contributed by atoms with Crippen LogP contribution in [0.2, 0.25) is 0 Å². The number of ether oxygens (including phenoxy) is 1. The molecule has 1 rings (SSSR count). The number of carbonyl (C=O) groups excluding carboxylic acids is 2. The Hall–Kier alpha value is -1.98. The van der Waals surface area contributed by atoms with Gasteiger partial charge in [0, 0.05) is 18.4 Å². The van der Waals surface area contributed by atoms with Crippen LogP contribution in [0.1, 0.15) is 51.9 Å². The number of aliphatic hydroxyl groups is 2. The molecule has 0 heterocycles. The third-order valence-corrected chi connectivity index (χ3v) is 4.28. The molecule has 0 aromatic carbocycles. The van der Waals surface area contributed by atoms with E-state index in [4.69, 9.17) is 0 Å². The molecular weight excluding hydrogens is 332 g/mol. The van der Waals surface area contributed by atoms with Crippen LogP contribution in [-0.2, 0) is 14.3 Å². The third kappa shape index (κ3) is 7.50. The second kappa shape index (κ2) is 11.6. The number of ketones is 1. The van der Waals surface area contributed by atoms with Crippen molar-refractivity contribution in [3.8, 4) is 0 Å². The molecule has 5 heteroatoms. The first-order valence-corrected chi connectivity index (χ1v) is 9.17. The summed E-state index contributed by atoms with van der Waals surface area (Å²) < 4.78 is 4.52. The molecule has 1 unspecified atom stereocenters. The van der Waals surface area contributed by atoms with Gasteiger partial charge in [-0.3, -0.25) is 9.59 Å². The summed E-state index contributed by atoms with van der Waals surface area (Å²) in [4.78, 5) is 23.0. The van der Waals surface area contributed by atoms with Gasteiger partial charge in [0.05, 0.1) is 13.2 Å². The summed E-state index contributed by atoms with van der Waals surface area (Å²) >= 11 is 0. The van der Waals surface area contributed by atoms with Crippen LogP contribution >= 0.6 is 0 Å². The molecule has 0 aliphatic heterocycles. The number of esters is 1. The van der Waals surface area contributed by atoms with Crippen molar-refractivity contribution in [2.45, 2.75) is 63.6 Å². The highest BCUT2D eigenvalue weighted by Crippen LogP contribution is 2.30. The van der Waals surface area contributed by atoms with Gasteiger partial charge in [-0.15, -0.1) is 0 Å². The molecule has 1 aliphatic carbocycles. The van der Waals surface area contributed by atoms with Crippen LogP contribution in [0.5, 0.6) is 0 Å². The third-order valence-electron chi connectivity index (χ3n) is 4.28. The van der Waals surface area contributed by atoms with Gasteiger partial charge in [0.1, 0.15) is 5.60 Å². The predicted octanol–water partition coefficient (Wildman–Crippen LogP) is 3.18. The highest BCUT2D eigenvalue weighted by Gasteiger charge is 2.35. The van der Waals surface area contributed by atoms with Crippen molar-refractivity contribution in [1.82, 2.24) is 0 Å². The standard InChI is InChI=1S/C21H30O5/c1-3-4-5-6-7-8-15-21(25)16-14-19(23)18(21)11-9-10-17(22)12-13-20(24)26-2/h7-11,14,16-17,22,25H,3-6,12-13,15H2,1-2H3/t17?,21-/m1/s1. The van der Waals surface area contributed by atoms with E-state index < -0.39 is 11.7 Å². The molecule has 0 fully saturated rings. The van der Waals surface area contributed by atoms with E-state index in [1.807, 2.05) is 12.2 Å². The van der Waals surface area contributed by atoms with Crippen molar-refractivity contribution in [2.24, 2.45) is 0 Å². The minimum absolute atomic E-state index is 0.117. The molecule has 0 radical (unpaired) electrons. The van der Waals surface area contributed by atoms with Crippen molar-refractivity contribution >= 4 is 11.8 Å². The maximum absolute atomic E-state index is 12.0. The van der Waals surface area contributed by atoms with Crippen molar-refractivity contribution in [2.75, 3.05) is 7.11 Å². The first kappa shape index (κ1) is 22.1. The number of rotatable bonds is 11. The molecule has 0 saturated carbocycles. The normalized spacial score (nSPS) is 22.8. The van der Waals surface area contributed by atoms with Gasteiger partial charge >= 0.3 is 5.97 Å². The van der Waals surface area contributed by atoms with Gasteiger partial charge in [-0.25, -0.2) is 0 Å². The van der Waals surface area contributed by atoms with Crippen LogP contribution in [0.15, 0.2) is 48.1 Å². The maximum atomic E-state index is 12.0.